The fraction of sp³-hybridized carbons (Fsp3) is 0.194. The van der Waals surface area contributed by atoms with Crippen LogP contribution in [-0.4, -0.2) is 51.8 Å². The molecule has 0 spiro atoms. The van der Waals surface area contributed by atoms with Crippen molar-refractivity contribution in [3.8, 4) is 11.5 Å². The number of benzene rings is 4. The minimum Gasteiger partial charge on any atom is -0.497 e. The molecule has 5 aromatic rings. The zero-order chi connectivity index (χ0) is 34.1. The number of carbonyl (C=O) groups excluding carboxylic acids is 1. The van der Waals surface area contributed by atoms with E-state index in [0.717, 1.165) is 26.2 Å². The highest BCUT2D eigenvalue weighted by Crippen LogP contribution is 2.44. The van der Waals surface area contributed by atoms with E-state index >= 15 is 0 Å². The summed E-state index contributed by atoms with van der Waals surface area (Å²) >= 11 is 0. The van der Waals surface area contributed by atoms with Gasteiger partial charge in [-0.25, -0.2) is 9.36 Å². The maximum absolute atomic E-state index is 13.7. The Labute approximate surface area is 277 Å². The molecule has 0 fully saturated rings. The van der Waals surface area contributed by atoms with E-state index in [1.54, 1.807) is 25.3 Å². The molecule has 4 aromatic carbocycles. The highest BCUT2D eigenvalue weighted by atomic mass is 31.2. The van der Waals surface area contributed by atoms with Crippen LogP contribution >= 0.6 is 7.60 Å². The van der Waals surface area contributed by atoms with Gasteiger partial charge in [-0.1, -0.05) is 91.0 Å². The highest BCUT2D eigenvalue weighted by Gasteiger charge is 2.38. The van der Waals surface area contributed by atoms with Crippen molar-refractivity contribution < 1.29 is 28.3 Å². The first-order valence-electron chi connectivity index (χ1n) is 15.2. The fourth-order valence-electron chi connectivity index (χ4n) is 5.38. The number of ether oxygens (including phenoxy) is 2. The molecule has 0 aliphatic heterocycles. The van der Waals surface area contributed by atoms with Gasteiger partial charge in [0.25, 0.3) is 5.56 Å². The highest BCUT2D eigenvalue weighted by molar-refractivity contribution is 7.53. The number of hydrogen-bond donors (Lipinski definition) is 2. The van der Waals surface area contributed by atoms with E-state index in [2.05, 4.69) is 4.98 Å². The van der Waals surface area contributed by atoms with Crippen molar-refractivity contribution in [3.05, 3.63) is 165 Å². The van der Waals surface area contributed by atoms with Gasteiger partial charge < -0.3 is 23.8 Å². The minimum atomic E-state index is -4.43. The van der Waals surface area contributed by atoms with Crippen molar-refractivity contribution in [1.82, 2.24) is 14.5 Å². The number of rotatable bonds is 14. The predicted octanol–water partition coefficient (Wildman–Crippen LogP) is 4.91. The number of nitrogens with zero attached hydrogens (tertiary/aromatic N) is 2. The summed E-state index contributed by atoms with van der Waals surface area (Å²) in [5, 5.41) is 0. The second-order valence-electron chi connectivity index (χ2n) is 11.0. The Hall–Kier alpha value is -5.22. The lowest BCUT2D eigenvalue weighted by molar-refractivity contribution is -0.132. The van der Waals surface area contributed by atoms with Gasteiger partial charge in [-0.15, -0.1) is 0 Å². The summed E-state index contributed by atoms with van der Waals surface area (Å²) in [6.45, 7) is 0.776. The first-order valence-corrected chi connectivity index (χ1v) is 16.9. The topological polar surface area (TPSA) is 140 Å². The van der Waals surface area contributed by atoms with E-state index in [0.29, 0.717) is 5.75 Å². The molecule has 11 nitrogen and oxygen atoms in total. The molecule has 1 aromatic heterocycles. The lowest BCUT2D eigenvalue weighted by Crippen LogP contribution is -2.42. The van der Waals surface area contributed by atoms with Crippen molar-refractivity contribution in [2.45, 2.75) is 19.1 Å². The molecule has 2 N–H and O–H groups in total. The number of amides is 1. The molecule has 48 heavy (non-hydrogen) atoms. The van der Waals surface area contributed by atoms with Gasteiger partial charge in [0.2, 0.25) is 5.91 Å². The standard InChI is InChI=1S/C36H36N3O8P/c1-27-24-39(35(42)37-34(27)41)25-33(40)38(26-48(43,44)47-32-16-10-5-11-17-32)22-23-46-36(28-12-6-3-7-13-28,29-14-8-4-9-15-29)30-18-20-31(45-2)21-19-30/h3-21,24H,22-23,25-26H2,1-2H3,(H,43,44)(H,37,41,42). The van der Waals surface area contributed by atoms with Gasteiger partial charge in [0.1, 0.15) is 29.9 Å². The molecule has 12 heteroatoms. The lowest BCUT2D eigenvalue weighted by Gasteiger charge is -2.37. The second kappa shape index (κ2) is 15.1. The van der Waals surface area contributed by atoms with Gasteiger partial charge in [-0.05, 0) is 47.9 Å². The number of hydrogen-bond acceptors (Lipinski definition) is 7. The Balaban J connectivity index is 1.50. The number of nitrogens with one attached hydrogen (secondary N) is 1. The number of H-pyrrole nitrogens is 1. The zero-order valence-electron chi connectivity index (χ0n) is 26.5. The van der Waals surface area contributed by atoms with E-state index in [1.807, 2.05) is 84.9 Å². The molecule has 0 saturated carbocycles. The third-order valence-electron chi connectivity index (χ3n) is 7.72. The molecule has 1 unspecified atom stereocenters. The monoisotopic (exact) mass is 669 g/mol. The number of carbonyl (C=O) groups is 1. The first kappa shape index (κ1) is 34.1. The fourth-order valence-corrected chi connectivity index (χ4v) is 6.62. The van der Waals surface area contributed by atoms with Crippen molar-refractivity contribution in [3.63, 3.8) is 0 Å². The van der Waals surface area contributed by atoms with E-state index < -0.39 is 43.2 Å². The Bertz CT molecular complexity index is 1940. The van der Waals surface area contributed by atoms with Gasteiger partial charge in [-0.3, -0.25) is 19.1 Å². The Morgan fingerprint density at radius 3 is 1.94 bits per heavy atom. The number of para-hydroxylation sites is 1. The van der Waals surface area contributed by atoms with Crippen LogP contribution in [0.3, 0.4) is 0 Å². The molecule has 1 amide bonds. The number of aromatic amines is 1. The van der Waals surface area contributed by atoms with E-state index in [-0.39, 0.29) is 24.5 Å². The first-order chi connectivity index (χ1) is 23.1. The predicted molar refractivity (Wildman–Crippen MR) is 181 cm³/mol. The van der Waals surface area contributed by atoms with Crippen LogP contribution in [0.25, 0.3) is 0 Å². The van der Waals surface area contributed by atoms with Gasteiger partial charge in [0.15, 0.2) is 0 Å². The van der Waals surface area contributed by atoms with Gasteiger partial charge in [0, 0.05) is 18.3 Å². The molecule has 1 atom stereocenters. The molecule has 0 saturated heterocycles. The molecule has 1 heterocycles. The van der Waals surface area contributed by atoms with Crippen LogP contribution in [0.5, 0.6) is 11.5 Å². The molecule has 0 radical (unpaired) electrons. The molecular weight excluding hydrogens is 633 g/mol. The zero-order valence-corrected chi connectivity index (χ0v) is 27.4. The largest absolute Gasteiger partial charge is 0.497 e. The third kappa shape index (κ3) is 8.01. The van der Waals surface area contributed by atoms with Crippen LogP contribution in [0.15, 0.2) is 131 Å². The van der Waals surface area contributed by atoms with Crippen molar-refractivity contribution in [2.75, 3.05) is 26.5 Å². The van der Waals surface area contributed by atoms with E-state index in [9.17, 15) is 23.8 Å². The summed E-state index contributed by atoms with van der Waals surface area (Å²) < 4.78 is 32.1. The molecule has 0 aliphatic carbocycles. The molecular formula is C36H36N3O8P. The summed E-state index contributed by atoms with van der Waals surface area (Å²) in [6, 6.07) is 34.8. The SMILES string of the molecule is COc1ccc(C(OCCN(CP(=O)(O)Oc2ccccc2)C(=O)Cn2cc(C)c(=O)[nH]c2=O)(c2ccccc2)c2ccccc2)cc1. The normalized spacial score (nSPS) is 12.6. The van der Waals surface area contributed by atoms with E-state index in [1.165, 1.54) is 25.3 Å². The molecule has 0 aliphatic rings. The van der Waals surface area contributed by atoms with Crippen LogP contribution in [0.2, 0.25) is 0 Å². The summed E-state index contributed by atoms with van der Waals surface area (Å²) in [5.74, 6) is 0.161. The lowest BCUT2D eigenvalue weighted by atomic mass is 9.80. The number of aromatic nitrogens is 2. The number of aryl methyl sites for hydroxylation is 1. The van der Waals surface area contributed by atoms with Crippen LogP contribution in [-0.2, 0) is 26.2 Å². The Morgan fingerprint density at radius 2 is 1.38 bits per heavy atom. The smallest absolute Gasteiger partial charge is 0.395 e. The summed E-state index contributed by atoms with van der Waals surface area (Å²) in [7, 11) is -2.85. The van der Waals surface area contributed by atoms with Crippen LogP contribution < -0.4 is 20.5 Å². The van der Waals surface area contributed by atoms with Crippen molar-refractivity contribution >= 4 is 13.5 Å². The average molecular weight is 670 g/mol. The summed E-state index contributed by atoms with van der Waals surface area (Å²) in [6.07, 6.45) is 0.583. The van der Waals surface area contributed by atoms with Crippen LogP contribution in [0, 0.1) is 6.92 Å². The summed E-state index contributed by atoms with van der Waals surface area (Å²) in [4.78, 5) is 52.4. The quantitative estimate of drug-likeness (QED) is 0.126. The second-order valence-corrected chi connectivity index (χ2v) is 12.8. The average Bonchev–Trinajstić information content (AvgIpc) is 3.09. The van der Waals surface area contributed by atoms with Crippen molar-refractivity contribution in [2.24, 2.45) is 0 Å². The number of methoxy groups -OCH3 is 1. The molecule has 0 bridgehead atoms. The molecule has 248 valence electrons. The van der Waals surface area contributed by atoms with Crippen LogP contribution in [0.1, 0.15) is 22.3 Å². The third-order valence-corrected chi connectivity index (χ3v) is 8.92. The maximum atomic E-state index is 13.7. The Morgan fingerprint density at radius 1 is 0.833 bits per heavy atom. The maximum Gasteiger partial charge on any atom is 0.395 e. The molecule has 5 rings (SSSR count). The Kier molecular flexibility index (Phi) is 10.8. The van der Waals surface area contributed by atoms with Gasteiger partial charge in [0.05, 0.1) is 13.7 Å². The van der Waals surface area contributed by atoms with Gasteiger partial charge in [-0.2, -0.15) is 0 Å². The van der Waals surface area contributed by atoms with Crippen molar-refractivity contribution in [1.29, 1.82) is 0 Å². The van der Waals surface area contributed by atoms with Gasteiger partial charge >= 0.3 is 13.3 Å². The summed E-state index contributed by atoms with van der Waals surface area (Å²) in [5.41, 5.74) is 0.141. The minimum absolute atomic E-state index is 0.0908. The van der Waals surface area contributed by atoms with Crippen LogP contribution in [0.4, 0.5) is 0 Å². The van der Waals surface area contributed by atoms with E-state index in [4.69, 9.17) is 14.0 Å².